The SMILES string of the molecule is COc1cc(NC(=O)c2nonc2N)ccc1Br. The number of carbonyl (C=O) groups is 1. The van der Waals surface area contributed by atoms with E-state index in [1.807, 2.05) is 0 Å². The van der Waals surface area contributed by atoms with E-state index < -0.39 is 5.91 Å². The first kappa shape index (κ1) is 12.4. The van der Waals surface area contributed by atoms with Crippen molar-refractivity contribution in [3.05, 3.63) is 28.4 Å². The van der Waals surface area contributed by atoms with Gasteiger partial charge in [0, 0.05) is 11.8 Å². The van der Waals surface area contributed by atoms with Gasteiger partial charge < -0.3 is 15.8 Å². The molecule has 0 radical (unpaired) electrons. The number of methoxy groups -OCH3 is 1. The molecule has 0 aliphatic heterocycles. The first-order valence-corrected chi connectivity index (χ1v) is 5.64. The molecule has 0 atom stereocenters. The highest BCUT2D eigenvalue weighted by Crippen LogP contribution is 2.28. The lowest BCUT2D eigenvalue weighted by molar-refractivity contribution is 0.101. The number of hydrogen-bond donors (Lipinski definition) is 2. The summed E-state index contributed by atoms with van der Waals surface area (Å²) in [6.07, 6.45) is 0. The molecule has 1 aromatic heterocycles. The van der Waals surface area contributed by atoms with Crippen molar-refractivity contribution in [2.75, 3.05) is 18.2 Å². The zero-order valence-electron chi connectivity index (χ0n) is 9.31. The van der Waals surface area contributed by atoms with Gasteiger partial charge in [-0.1, -0.05) is 0 Å². The number of nitrogen functional groups attached to an aromatic ring is 1. The van der Waals surface area contributed by atoms with Crippen LogP contribution in [0.25, 0.3) is 0 Å². The Hall–Kier alpha value is -2.09. The molecule has 94 valence electrons. The highest BCUT2D eigenvalue weighted by Gasteiger charge is 2.16. The number of nitrogens with one attached hydrogen (secondary N) is 1. The van der Waals surface area contributed by atoms with E-state index in [-0.39, 0.29) is 11.5 Å². The highest BCUT2D eigenvalue weighted by atomic mass is 79.9. The summed E-state index contributed by atoms with van der Waals surface area (Å²) in [6.45, 7) is 0. The Labute approximate surface area is 110 Å². The first-order valence-electron chi connectivity index (χ1n) is 4.84. The van der Waals surface area contributed by atoms with Crippen LogP contribution in [-0.4, -0.2) is 23.3 Å². The Morgan fingerprint density at radius 1 is 1.50 bits per heavy atom. The minimum absolute atomic E-state index is 0.0584. The molecule has 1 amide bonds. The average Bonchev–Trinajstić information content (AvgIpc) is 2.78. The van der Waals surface area contributed by atoms with Crippen molar-refractivity contribution in [3.63, 3.8) is 0 Å². The lowest BCUT2D eigenvalue weighted by atomic mass is 10.3. The Kier molecular flexibility index (Phi) is 3.47. The number of nitrogens with zero attached hydrogens (tertiary/aromatic N) is 2. The number of hydrogen-bond acceptors (Lipinski definition) is 6. The highest BCUT2D eigenvalue weighted by molar-refractivity contribution is 9.10. The van der Waals surface area contributed by atoms with Crippen molar-refractivity contribution in [1.29, 1.82) is 0 Å². The predicted molar refractivity (Wildman–Crippen MR) is 67.4 cm³/mol. The molecule has 0 saturated heterocycles. The molecule has 0 aliphatic rings. The van der Waals surface area contributed by atoms with Crippen LogP contribution in [0.15, 0.2) is 27.3 Å². The van der Waals surface area contributed by atoms with Gasteiger partial charge in [0.05, 0.1) is 11.6 Å². The Balaban J connectivity index is 2.20. The van der Waals surface area contributed by atoms with Crippen LogP contribution < -0.4 is 15.8 Å². The molecule has 8 heteroatoms. The third kappa shape index (κ3) is 2.43. The summed E-state index contributed by atoms with van der Waals surface area (Å²) < 4.78 is 10.2. The lowest BCUT2D eigenvalue weighted by Gasteiger charge is -2.07. The molecule has 0 bridgehead atoms. The molecule has 2 aromatic rings. The first-order chi connectivity index (χ1) is 8.61. The number of halogens is 1. The largest absolute Gasteiger partial charge is 0.495 e. The molecule has 1 aromatic carbocycles. The summed E-state index contributed by atoms with van der Waals surface area (Å²) >= 11 is 3.31. The molecule has 0 spiro atoms. The fourth-order valence-corrected chi connectivity index (χ4v) is 1.69. The van der Waals surface area contributed by atoms with Crippen molar-refractivity contribution < 1.29 is 14.2 Å². The van der Waals surface area contributed by atoms with E-state index in [0.29, 0.717) is 11.4 Å². The van der Waals surface area contributed by atoms with Crippen LogP contribution in [0, 0.1) is 0 Å². The molecular formula is C10H9BrN4O3. The van der Waals surface area contributed by atoms with Gasteiger partial charge in [0.1, 0.15) is 5.75 Å². The maximum absolute atomic E-state index is 11.8. The molecule has 7 nitrogen and oxygen atoms in total. The minimum atomic E-state index is -0.502. The number of anilines is 2. The van der Waals surface area contributed by atoms with E-state index in [4.69, 9.17) is 10.5 Å². The van der Waals surface area contributed by atoms with Gasteiger partial charge in [-0.3, -0.25) is 4.79 Å². The maximum Gasteiger partial charge on any atom is 0.281 e. The second-order valence-electron chi connectivity index (χ2n) is 3.30. The summed E-state index contributed by atoms with van der Waals surface area (Å²) in [4.78, 5) is 11.8. The lowest BCUT2D eigenvalue weighted by Crippen LogP contribution is -2.14. The molecule has 0 unspecified atom stereocenters. The smallest absolute Gasteiger partial charge is 0.281 e. The Morgan fingerprint density at radius 3 is 2.89 bits per heavy atom. The zero-order valence-corrected chi connectivity index (χ0v) is 10.9. The number of aromatic nitrogens is 2. The van der Waals surface area contributed by atoms with Gasteiger partial charge in [-0.15, -0.1) is 0 Å². The molecule has 1 heterocycles. The van der Waals surface area contributed by atoms with E-state index >= 15 is 0 Å². The molecule has 0 saturated carbocycles. The summed E-state index contributed by atoms with van der Waals surface area (Å²) in [5.74, 6) is 0.0359. The monoisotopic (exact) mass is 312 g/mol. The molecule has 18 heavy (non-hydrogen) atoms. The number of rotatable bonds is 3. The molecule has 3 N–H and O–H groups in total. The van der Waals surface area contributed by atoms with Gasteiger partial charge in [-0.05, 0) is 38.4 Å². The molecule has 0 aliphatic carbocycles. The number of amides is 1. The fraction of sp³-hybridized carbons (Fsp3) is 0.100. The van der Waals surface area contributed by atoms with Crippen LogP contribution in [0.1, 0.15) is 10.5 Å². The van der Waals surface area contributed by atoms with E-state index in [0.717, 1.165) is 4.47 Å². The molecular weight excluding hydrogens is 304 g/mol. The van der Waals surface area contributed by atoms with Gasteiger partial charge in [0.15, 0.2) is 0 Å². The molecule has 2 rings (SSSR count). The van der Waals surface area contributed by atoms with E-state index in [2.05, 4.69) is 36.2 Å². The third-order valence-corrected chi connectivity index (χ3v) is 2.79. The third-order valence-electron chi connectivity index (χ3n) is 2.14. The second kappa shape index (κ2) is 5.05. The van der Waals surface area contributed by atoms with Crippen LogP contribution in [0.5, 0.6) is 5.75 Å². The maximum atomic E-state index is 11.8. The number of benzene rings is 1. The van der Waals surface area contributed by atoms with Gasteiger partial charge in [0.25, 0.3) is 5.91 Å². The number of nitrogens with two attached hydrogens (primary N) is 1. The van der Waals surface area contributed by atoms with Crippen molar-refractivity contribution in [2.24, 2.45) is 0 Å². The topological polar surface area (TPSA) is 103 Å². The van der Waals surface area contributed by atoms with Crippen molar-refractivity contribution >= 4 is 33.3 Å². The summed E-state index contributed by atoms with van der Waals surface area (Å²) in [6, 6.07) is 5.11. The van der Waals surface area contributed by atoms with E-state index in [1.54, 1.807) is 18.2 Å². The quantitative estimate of drug-likeness (QED) is 0.893. The summed E-state index contributed by atoms with van der Waals surface area (Å²) in [5.41, 5.74) is 5.90. The standard InChI is InChI=1S/C10H9BrN4O3/c1-17-7-4-5(2-3-6(7)11)13-10(16)8-9(12)15-18-14-8/h2-4H,1H3,(H2,12,15)(H,13,16). The predicted octanol–water partition coefficient (Wildman–Crippen LogP) is 1.68. The van der Waals surface area contributed by atoms with Crippen molar-refractivity contribution in [2.45, 2.75) is 0 Å². The average molecular weight is 313 g/mol. The Bertz CT molecular complexity index is 584. The van der Waals surface area contributed by atoms with Crippen molar-refractivity contribution in [3.8, 4) is 5.75 Å². The molecule has 0 fully saturated rings. The summed E-state index contributed by atoms with van der Waals surface area (Å²) in [7, 11) is 1.53. The van der Waals surface area contributed by atoms with Crippen LogP contribution in [0.3, 0.4) is 0 Å². The summed E-state index contributed by atoms with van der Waals surface area (Å²) in [5, 5.41) is 9.34. The van der Waals surface area contributed by atoms with Crippen molar-refractivity contribution in [1.82, 2.24) is 10.3 Å². The van der Waals surface area contributed by atoms with Gasteiger partial charge in [-0.2, -0.15) is 0 Å². The zero-order chi connectivity index (χ0) is 13.1. The van der Waals surface area contributed by atoms with Gasteiger partial charge in [0.2, 0.25) is 11.5 Å². The minimum Gasteiger partial charge on any atom is -0.495 e. The van der Waals surface area contributed by atoms with Crippen LogP contribution in [0.2, 0.25) is 0 Å². The van der Waals surface area contributed by atoms with Crippen LogP contribution >= 0.6 is 15.9 Å². The fourth-order valence-electron chi connectivity index (χ4n) is 1.28. The number of ether oxygens (including phenoxy) is 1. The van der Waals surface area contributed by atoms with Gasteiger partial charge in [-0.25, -0.2) is 4.63 Å². The van der Waals surface area contributed by atoms with Crippen LogP contribution in [0.4, 0.5) is 11.5 Å². The van der Waals surface area contributed by atoms with E-state index in [9.17, 15) is 4.79 Å². The van der Waals surface area contributed by atoms with Crippen LogP contribution in [-0.2, 0) is 0 Å². The normalized spacial score (nSPS) is 10.1. The van der Waals surface area contributed by atoms with Gasteiger partial charge >= 0.3 is 0 Å². The van der Waals surface area contributed by atoms with E-state index in [1.165, 1.54) is 7.11 Å². The number of carbonyl (C=O) groups excluding carboxylic acids is 1. The Morgan fingerprint density at radius 2 is 2.28 bits per heavy atom. The second-order valence-corrected chi connectivity index (χ2v) is 4.16.